The fourth-order valence-corrected chi connectivity index (χ4v) is 3.48. The van der Waals surface area contributed by atoms with E-state index < -0.39 is 0 Å². The molecule has 0 spiro atoms. The Morgan fingerprint density at radius 1 is 1.22 bits per heavy atom. The number of piperidine rings is 1. The van der Waals surface area contributed by atoms with Crippen LogP contribution in [0.2, 0.25) is 0 Å². The van der Waals surface area contributed by atoms with Gasteiger partial charge in [-0.1, -0.05) is 6.07 Å². The third-order valence-electron chi connectivity index (χ3n) is 4.80. The van der Waals surface area contributed by atoms with Crippen LogP contribution in [0.1, 0.15) is 48.9 Å². The highest BCUT2D eigenvalue weighted by molar-refractivity contribution is 5.94. The van der Waals surface area contributed by atoms with Crippen LogP contribution in [0.25, 0.3) is 0 Å². The maximum atomic E-state index is 12.7. The lowest BCUT2D eigenvalue weighted by Crippen LogP contribution is -2.46. The monoisotopic (exact) mass is 338 g/mol. The normalized spacial score (nSPS) is 21.8. The molecule has 1 aliphatic carbocycles. The second-order valence-electron chi connectivity index (χ2n) is 6.43. The van der Waals surface area contributed by atoms with Crippen molar-refractivity contribution in [2.75, 3.05) is 20.1 Å². The maximum Gasteiger partial charge on any atom is 0.254 e. The van der Waals surface area contributed by atoms with E-state index in [0.29, 0.717) is 12.1 Å². The molecule has 1 atom stereocenters. The number of hydrogen-bond donors (Lipinski definition) is 1. The Bertz CT molecular complexity index is 517. The second-order valence-corrected chi connectivity index (χ2v) is 6.43. The molecule has 1 unspecified atom stereocenters. The van der Waals surface area contributed by atoms with E-state index in [2.05, 4.69) is 5.32 Å². The van der Waals surface area contributed by atoms with E-state index in [9.17, 15) is 4.79 Å². The number of carbonyl (C=O) groups excluding carboxylic acids is 1. The highest BCUT2D eigenvalue weighted by Gasteiger charge is 2.24. The molecule has 1 amide bonds. The number of benzene rings is 1. The molecule has 0 radical (unpaired) electrons. The highest BCUT2D eigenvalue weighted by atomic mass is 35.5. The Balaban J connectivity index is 0.00000192. The largest absolute Gasteiger partial charge is 0.490 e. The summed E-state index contributed by atoms with van der Waals surface area (Å²) in [5.41, 5.74) is 0.743. The average Bonchev–Trinajstić information content (AvgIpc) is 3.07. The molecule has 128 valence electrons. The van der Waals surface area contributed by atoms with E-state index >= 15 is 0 Å². The Morgan fingerprint density at radius 2 is 2.00 bits per heavy atom. The van der Waals surface area contributed by atoms with E-state index in [1.54, 1.807) is 0 Å². The minimum Gasteiger partial charge on any atom is -0.490 e. The van der Waals surface area contributed by atoms with Gasteiger partial charge in [-0.2, -0.15) is 0 Å². The number of rotatable bonds is 4. The molecule has 2 aliphatic rings. The van der Waals surface area contributed by atoms with Gasteiger partial charge >= 0.3 is 0 Å². The van der Waals surface area contributed by atoms with Gasteiger partial charge in [-0.25, -0.2) is 0 Å². The lowest BCUT2D eigenvalue weighted by molar-refractivity contribution is 0.0697. The van der Waals surface area contributed by atoms with Crippen molar-refractivity contribution in [2.24, 2.45) is 0 Å². The van der Waals surface area contributed by atoms with Gasteiger partial charge in [0.05, 0.1) is 6.10 Å². The number of nitrogens with zero attached hydrogens (tertiary/aromatic N) is 1. The van der Waals surface area contributed by atoms with Crippen LogP contribution in [0.3, 0.4) is 0 Å². The van der Waals surface area contributed by atoms with Gasteiger partial charge in [0.25, 0.3) is 5.91 Å². The van der Waals surface area contributed by atoms with E-state index in [4.69, 9.17) is 4.74 Å². The summed E-state index contributed by atoms with van der Waals surface area (Å²) in [5.74, 6) is 0.955. The molecule has 0 aromatic heterocycles. The van der Waals surface area contributed by atoms with Crippen molar-refractivity contribution in [1.82, 2.24) is 10.2 Å². The van der Waals surface area contributed by atoms with Crippen molar-refractivity contribution in [1.29, 1.82) is 0 Å². The number of nitrogens with one attached hydrogen (secondary N) is 1. The quantitative estimate of drug-likeness (QED) is 0.916. The van der Waals surface area contributed by atoms with Crippen LogP contribution >= 0.6 is 12.4 Å². The van der Waals surface area contributed by atoms with E-state index in [1.807, 2.05) is 36.2 Å². The predicted molar refractivity (Wildman–Crippen MR) is 94.6 cm³/mol. The van der Waals surface area contributed by atoms with Crippen LogP contribution in [0, 0.1) is 0 Å². The standard InChI is InChI=1S/C18H26N2O2.ClH/c1-19-15-7-5-11-20(13-15)18(21)14-6-4-10-17(12-14)22-16-8-2-3-9-16;/h4,6,10,12,15-16,19H,2-3,5,7-9,11,13H2,1H3;1H. The van der Waals surface area contributed by atoms with Crippen molar-refractivity contribution in [3.8, 4) is 5.75 Å². The van der Waals surface area contributed by atoms with E-state index in [0.717, 1.165) is 50.1 Å². The summed E-state index contributed by atoms with van der Waals surface area (Å²) in [5, 5.41) is 3.28. The molecule has 1 N–H and O–H groups in total. The number of hydrogen-bond acceptors (Lipinski definition) is 3. The summed E-state index contributed by atoms with van der Waals surface area (Å²) in [4.78, 5) is 14.7. The fraction of sp³-hybridized carbons (Fsp3) is 0.611. The third kappa shape index (κ3) is 4.61. The Labute approximate surface area is 145 Å². The van der Waals surface area contributed by atoms with Gasteiger partial charge in [0.15, 0.2) is 0 Å². The molecule has 2 fully saturated rings. The molecule has 1 saturated carbocycles. The fourth-order valence-electron chi connectivity index (χ4n) is 3.48. The summed E-state index contributed by atoms with van der Waals surface area (Å²) < 4.78 is 6.01. The zero-order chi connectivity index (χ0) is 15.4. The van der Waals surface area contributed by atoms with Crippen molar-refractivity contribution in [3.05, 3.63) is 29.8 Å². The average molecular weight is 339 g/mol. The van der Waals surface area contributed by atoms with Crippen molar-refractivity contribution in [2.45, 2.75) is 50.7 Å². The second kappa shape index (κ2) is 8.55. The first-order valence-electron chi connectivity index (χ1n) is 8.49. The Kier molecular flexibility index (Phi) is 6.72. The molecule has 1 heterocycles. The van der Waals surface area contributed by atoms with Crippen molar-refractivity contribution >= 4 is 18.3 Å². The first kappa shape index (κ1) is 18.1. The highest BCUT2D eigenvalue weighted by Crippen LogP contribution is 2.25. The molecule has 5 heteroatoms. The first-order valence-corrected chi connectivity index (χ1v) is 8.49. The number of likely N-dealkylation sites (tertiary alicyclic amines) is 1. The lowest BCUT2D eigenvalue weighted by Gasteiger charge is -2.32. The van der Waals surface area contributed by atoms with Crippen LogP contribution < -0.4 is 10.1 Å². The Morgan fingerprint density at radius 3 is 2.74 bits per heavy atom. The Hall–Kier alpha value is -1.26. The van der Waals surface area contributed by atoms with Crippen LogP contribution in [0.5, 0.6) is 5.75 Å². The summed E-state index contributed by atoms with van der Waals surface area (Å²) in [6.45, 7) is 1.65. The van der Waals surface area contributed by atoms with Crippen LogP contribution in [0.15, 0.2) is 24.3 Å². The first-order chi connectivity index (χ1) is 10.8. The molecule has 1 aliphatic heterocycles. The van der Waals surface area contributed by atoms with Gasteiger partial charge in [0.2, 0.25) is 0 Å². The molecule has 1 aromatic carbocycles. The smallest absolute Gasteiger partial charge is 0.254 e. The predicted octanol–water partition coefficient (Wildman–Crippen LogP) is 3.25. The van der Waals surface area contributed by atoms with Crippen molar-refractivity contribution in [3.63, 3.8) is 0 Å². The molecule has 0 bridgehead atoms. The lowest BCUT2D eigenvalue weighted by atomic mass is 10.0. The topological polar surface area (TPSA) is 41.6 Å². The summed E-state index contributed by atoms with van der Waals surface area (Å²) in [7, 11) is 1.97. The number of ether oxygens (including phenoxy) is 1. The van der Waals surface area contributed by atoms with Gasteiger partial charge in [0, 0.05) is 24.7 Å². The number of likely N-dealkylation sites (N-methyl/N-ethyl adjacent to an activating group) is 1. The molecule has 1 aromatic rings. The number of carbonyl (C=O) groups is 1. The minimum absolute atomic E-state index is 0. The zero-order valence-electron chi connectivity index (χ0n) is 13.8. The van der Waals surface area contributed by atoms with Crippen LogP contribution in [-0.4, -0.2) is 43.1 Å². The van der Waals surface area contributed by atoms with Crippen molar-refractivity contribution < 1.29 is 9.53 Å². The summed E-state index contributed by atoms with van der Waals surface area (Å²) in [6.07, 6.45) is 7.31. The molecule has 1 saturated heterocycles. The zero-order valence-corrected chi connectivity index (χ0v) is 14.6. The van der Waals surface area contributed by atoms with Gasteiger partial charge in [0.1, 0.15) is 5.75 Å². The summed E-state index contributed by atoms with van der Waals surface area (Å²) in [6, 6.07) is 8.10. The van der Waals surface area contributed by atoms with E-state index in [1.165, 1.54) is 12.8 Å². The van der Waals surface area contributed by atoms with Gasteiger partial charge < -0.3 is 15.0 Å². The van der Waals surface area contributed by atoms with Gasteiger partial charge in [-0.05, 0) is 63.8 Å². The SMILES string of the molecule is CNC1CCCN(C(=O)c2cccc(OC3CCCC3)c2)C1.Cl. The number of halogens is 1. The molecular formula is C18H27ClN2O2. The summed E-state index contributed by atoms with van der Waals surface area (Å²) >= 11 is 0. The molecule has 4 nitrogen and oxygen atoms in total. The molecule has 3 rings (SSSR count). The van der Waals surface area contributed by atoms with Crippen LogP contribution in [-0.2, 0) is 0 Å². The van der Waals surface area contributed by atoms with Gasteiger partial charge in [-0.3, -0.25) is 4.79 Å². The van der Waals surface area contributed by atoms with E-state index in [-0.39, 0.29) is 18.3 Å². The minimum atomic E-state index is 0. The number of amides is 1. The third-order valence-corrected chi connectivity index (χ3v) is 4.80. The van der Waals surface area contributed by atoms with Gasteiger partial charge in [-0.15, -0.1) is 12.4 Å². The molecule has 23 heavy (non-hydrogen) atoms. The molecular weight excluding hydrogens is 312 g/mol. The van der Waals surface area contributed by atoms with Crippen LogP contribution in [0.4, 0.5) is 0 Å². The maximum absolute atomic E-state index is 12.7.